The van der Waals surface area contributed by atoms with Gasteiger partial charge in [0.1, 0.15) is 0 Å². The van der Waals surface area contributed by atoms with Crippen molar-refractivity contribution in [2.24, 2.45) is 11.7 Å². The maximum Gasteiger partial charge on any atom is 0.0301 e. The average Bonchev–Trinajstić information content (AvgIpc) is 2.26. The first-order valence-electron chi connectivity index (χ1n) is 5.85. The first kappa shape index (κ1) is 12.2. The van der Waals surface area contributed by atoms with Gasteiger partial charge in [0.2, 0.25) is 0 Å². The van der Waals surface area contributed by atoms with Crippen LogP contribution >= 0.6 is 0 Å². The van der Waals surface area contributed by atoms with Crippen LogP contribution in [0, 0.1) is 12.8 Å². The van der Waals surface area contributed by atoms with Gasteiger partial charge in [-0.15, -0.1) is 0 Å². The summed E-state index contributed by atoms with van der Waals surface area (Å²) in [6.45, 7) is 6.55. The lowest BCUT2D eigenvalue weighted by molar-refractivity contribution is 0.414. The van der Waals surface area contributed by atoms with E-state index in [1.807, 2.05) is 18.5 Å². The summed E-state index contributed by atoms with van der Waals surface area (Å²) in [7, 11) is 0. The van der Waals surface area contributed by atoms with Gasteiger partial charge in [0.15, 0.2) is 0 Å². The van der Waals surface area contributed by atoms with Crippen molar-refractivity contribution in [2.75, 3.05) is 0 Å². The highest BCUT2D eigenvalue weighted by Gasteiger charge is 2.13. The van der Waals surface area contributed by atoms with Crippen molar-refractivity contribution in [1.29, 1.82) is 0 Å². The first-order valence-corrected chi connectivity index (χ1v) is 5.85. The molecule has 15 heavy (non-hydrogen) atoms. The van der Waals surface area contributed by atoms with Gasteiger partial charge in [-0.1, -0.05) is 26.7 Å². The van der Waals surface area contributed by atoms with Crippen molar-refractivity contribution in [2.45, 2.75) is 46.1 Å². The minimum absolute atomic E-state index is 0.165. The van der Waals surface area contributed by atoms with Crippen molar-refractivity contribution < 1.29 is 0 Å². The molecule has 0 spiro atoms. The summed E-state index contributed by atoms with van der Waals surface area (Å²) < 4.78 is 0. The molecule has 2 nitrogen and oxygen atoms in total. The summed E-state index contributed by atoms with van der Waals surface area (Å²) in [5.74, 6) is 0.743. The molecule has 0 aliphatic rings. The second kappa shape index (κ2) is 5.86. The van der Waals surface area contributed by atoms with Gasteiger partial charge in [0, 0.05) is 18.4 Å². The summed E-state index contributed by atoms with van der Waals surface area (Å²) in [5, 5.41) is 0. The molecule has 0 radical (unpaired) electrons. The summed E-state index contributed by atoms with van der Waals surface area (Å²) in [4.78, 5) is 4.09. The lowest BCUT2D eigenvalue weighted by atomic mass is 9.90. The molecule has 1 unspecified atom stereocenters. The Morgan fingerprint density at radius 1 is 1.33 bits per heavy atom. The Labute approximate surface area is 92.9 Å². The third-order valence-electron chi connectivity index (χ3n) is 3.21. The quantitative estimate of drug-likeness (QED) is 0.803. The average molecular weight is 206 g/mol. The second-order valence-electron chi connectivity index (χ2n) is 4.26. The standard InChI is InChI=1S/C13H22N2/c1-4-11(5-2)8-13(14)12-6-7-15-9-10(12)3/h6-7,9,11,13H,4-5,8,14H2,1-3H3. The number of rotatable bonds is 5. The molecule has 0 amide bonds. The number of aromatic nitrogens is 1. The van der Waals surface area contributed by atoms with Crippen LogP contribution in [0.15, 0.2) is 18.5 Å². The lowest BCUT2D eigenvalue weighted by Gasteiger charge is -2.19. The molecule has 0 aliphatic heterocycles. The molecule has 1 rings (SSSR count). The van der Waals surface area contributed by atoms with Gasteiger partial charge >= 0.3 is 0 Å². The van der Waals surface area contributed by atoms with Crippen LogP contribution in [0.3, 0.4) is 0 Å². The van der Waals surface area contributed by atoms with Gasteiger partial charge < -0.3 is 5.73 Å². The van der Waals surface area contributed by atoms with Gasteiger partial charge in [-0.05, 0) is 36.5 Å². The molecule has 1 atom stereocenters. The zero-order chi connectivity index (χ0) is 11.3. The Morgan fingerprint density at radius 2 is 2.00 bits per heavy atom. The van der Waals surface area contributed by atoms with Crippen LogP contribution in [0.25, 0.3) is 0 Å². The Morgan fingerprint density at radius 3 is 2.53 bits per heavy atom. The van der Waals surface area contributed by atoms with E-state index in [4.69, 9.17) is 5.73 Å². The highest BCUT2D eigenvalue weighted by atomic mass is 14.7. The molecule has 1 aromatic rings. The summed E-state index contributed by atoms with van der Waals surface area (Å²) in [6, 6.07) is 2.21. The van der Waals surface area contributed by atoms with E-state index in [9.17, 15) is 0 Å². The van der Waals surface area contributed by atoms with E-state index in [-0.39, 0.29) is 6.04 Å². The highest BCUT2D eigenvalue weighted by Crippen LogP contribution is 2.24. The molecule has 2 N–H and O–H groups in total. The third kappa shape index (κ3) is 3.31. The van der Waals surface area contributed by atoms with Crippen molar-refractivity contribution in [3.05, 3.63) is 29.6 Å². The second-order valence-corrected chi connectivity index (χ2v) is 4.26. The number of nitrogens with two attached hydrogens (primary N) is 1. The minimum Gasteiger partial charge on any atom is -0.324 e. The van der Waals surface area contributed by atoms with Gasteiger partial charge in [-0.2, -0.15) is 0 Å². The van der Waals surface area contributed by atoms with Crippen molar-refractivity contribution >= 4 is 0 Å². The van der Waals surface area contributed by atoms with Gasteiger partial charge in [0.05, 0.1) is 0 Å². The zero-order valence-corrected chi connectivity index (χ0v) is 10.0. The summed E-state index contributed by atoms with van der Waals surface area (Å²) >= 11 is 0. The van der Waals surface area contributed by atoms with E-state index in [1.165, 1.54) is 24.0 Å². The summed E-state index contributed by atoms with van der Waals surface area (Å²) in [6.07, 6.45) is 7.23. The Bertz CT molecular complexity index is 292. The molecule has 1 aromatic heterocycles. The normalized spacial score (nSPS) is 13.1. The molecule has 0 saturated heterocycles. The molecular weight excluding hydrogens is 184 g/mol. The molecule has 0 fully saturated rings. The van der Waals surface area contributed by atoms with Crippen LogP contribution in [0.5, 0.6) is 0 Å². The predicted molar refractivity (Wildman–Crippen MR) is 64.6 cm³/mol. The zero-order valence-electron chi connectivity index (χ0n) is 10.0. The number of hydrogen-bond donors (Lipinski definition) is 1. The number of pyridine rings is 1. The van der Waals surface area contributed by atoms with Gasteiger partial charge in [-0.3, -0.25) is 4.98 Å². The van der Waals surface area contributed by atoms with Crippen LogP contribution in [0.1, 0.15) is 50.3 Å². The molecule has 0 saturated carbocycles. The van der Waals surface area contributed by atoms with Gasteiger partial charge in [-0.25, -0.2) is 0 Å². The highest BCUT2D eigenvalue weighted by molar-refractivity contribution is 5.24. The molecule has 84 valence electrons. The maximum atomic E-state index is 6.22. The molecule has 0 aliphatic carbocycles. The molecule has 1 heterocycles. The largest absolute Gasteiger partial charge is 0.324 e. The molecule has 0 bridgehead atoms. The van der Waals surface area contributed by atoms with E-state index in [0.29, 0.717) is 0 Å². The van der Waals surface area contributed by atoms with E-state index < -0.39 is 0 Å². The molecular formula is C13H22N2. The topological polar surface area (TPSA) is 38.9 Å². The van der Waals surface area contributed by atoms with E-state index in [1.54, 1.807) is 0 Å². The van der Waals surface area contributed by atoms with E-state index in [0.717, 1.165) is 12.3 Å². The summed E-state index contributed by atoms with van der Waals surface area (Å²) in [5.41, 5.74) is 8.67. The van der Waals surface area contributed by atoms with Crippen LogP contribution in [0.4, 0.5) is 0 Å². The monoisotopic (exact) mass is 206 g/mol. The SMILES string of the molecule is CCC(CC)CC(N)c1ccncc1C. The van der Waals surface area contributed by atoms with E-state index in [2.05, 4.69) is 25.8 Å². The fourth-order valence-electron chi connectivity index (χ4n) is 2.01. The molecule has 2 heteroatoms. The van der Waals surface area contributed by atoms with E-state index >= 15 is 0 Å². The van der Waals surface area contributed by atoms with Crippen LogP contribution in [-0.2, 0) is 0 Å². The van der Waals surface area contributed by atoms with Gasteiger partial charge in [0.25, 0.3) is 0 Å². The van der Waals surface area contributed by atoms with Crippen molar-refractivity contribution in [1.82, 2.24) is 4.98 Å². The fraction of sp³-hybridized carbons (Fsp3) is 0.615. The third-order valence-corrected chi connectivity index (χ3v) is 3.21. The predicted octanol–water partition coefficient (Wildman–Crippen LogP) is 3.22. The number of nitrogens with zero attached hydrogens (tertiary/aromatic N) is 1. The fourth-order valence-corrected chi connectivity index (χ4v) is 2.01. The van der Waals surface area contributed by atoms with Crippen LogP contribution in [0.2, 0.25) is 0 Å². The first-order chi connectivity index (χ1) is 7.19. The lowest BCUT2D eigenvalue weighted by Crippen LogP contribution is -2.16. The Hall–Kier alpha value is -0.890. The van der Waals surface area contributed by atoms with Crippen LogP contribution in [-0.4, -0.2) is 4.98 Å². The number of hydrogen-bond acceptors (Lipinski definition) is 2. The smallest absolute Gasteiger partial charge is 0.0301 e. The van der Waals surface area contributed by atoms with Crippen molar-refractivity contribution in [3.63, 3.8) is 0 Å². The Kier molecular flexibility index (Phi) is 4.76. The Balaban J connectivity index is 2.68. The minimum atomic E-state index is 0.165. The maximum absolute atomic E-state index is 6.22. The van der Waals surface area contributed by atoms with Crippen molar-refractivity contribution in [3.8, 4) is 0 Å². The number of aryl methyl sites for hydroxylation is 1. The molecule has 0 aromatic carbocycles. The van der Waals surface area contributed by atoms with Crippen LogP contribution < -0.4 is 5.73 Å².